The number of benzene rings is 2. The highest BCUT2D eigenvalue weighted by atomic mass is 19.1. The number of H-pyrrole nitrogens is 1. The first kappa shape index (κ1) is 28.8. The summed E-state index contributed by atoms with van der Waals surface area (Å²) in [5.74, 6) is -0.410. The molecule has 8 nitrogen and oxygen atoms in total. The van der Waals surface area contributed by atoms with Crippen LogP contribution in [0.2, 0.25) is 0 Å². The lowest BCUT2D eigenvalue weighted by Gasteiger charge is -2.28. The molecular formula is C35H34FN7O. The van der Waals surface area contributed by atoms with Gasteiger partial charge in [0.2, 0.25) is 5.91 Å². The quantitative estimate of drug-likeness (QED) is 0.195. The number of aliphatic imine (C=N–C) groups is 1. The number of carbonyl (C=O) groups excluding carboxylic acids is 1. The van der Waals surface area contributed by atoms with Crippen LogP contribution >= 0.6 is 0 Å². The Morgan fingerprint density at radius 1 is 1.14 bits per heavy atom. The summed E-state index contributed by atoms with van der Waals surface area (Å²) in [5, 5.41) is 15.3. The topological polar surface area (TPSA) is 121 Å². The van der Waals surface area contributed by atoms with E-state index in [-0.39, 0.29) is 11.7 Å². The second kappa shape index (κ2) is 11.1. The second-order valence-electron chi connectivity index (χ2n) is 12.2. The van der Waals surface area contributed by atoms with Crippen molar-refractivity contribution in [3.8, 4) is 11.1 Å². The Kier molecular flexibility index (Phi) is 7.25. The number of aryl methyl sites for hydroxylation is 1. The van der Waals surface area contributed by atoms with E-state index in [9.17, 15) is 9.18 Å². The van der Waals surface area contributed by atoms with E-state index in [4.69, 9.17) is 5.73 Å². The Morgan fingerprint density at radius 2 is 1.93 bits per heavy atom. The number of nitrogens with two attached hydrogens (primary N) is 1. The Labute approximate surface area is 255 Å². The minimum absolute atomic E-state index is 0.0865. The fraction of sp³-hybridized carbons (Fsp3) is 0.200. The highest BCUT2D eigenvalue weighted by Gasteiger charge is 2.30. The van der Waals surface area contributed by atoms with E-state index in [1.165, 1.54) is 6.07 Å². The SMILES string of the molecule is C=NC1C=C(c2[nH]nc3c(C)cc(-c4cncc(NC(=O)C(C)(C)C)c4)cc23)NC2=C1C(c1ccccc1F)=CC=C(N)C2. The number of rotatable bonds is 5. The predicted octanol–water partition coefficient (Wildman–Crippen LogP) is 6.65. The number of nitrogens with one attached hydrogen (secondary N) is 3. The standard InChI is InChI=1S/C35H34FN7O/c1-19-12-20(21-13-23(18-39-17-21)40-34(44)35(2,3)4)14-26-32(19)42-43-33(26)30-16-28(38-5)31-25(24-8-6-7-9-27(24)36)11-10-22(37)15-29(31)41-30/h6-14,16-18,28,41H,5,15,37H2,1-4H3,(H,40,44)(H,42,43). The van der Waals surface area contributed by atoms with Gasteiger partial charge in [-0.25, -0.2) is 4.39 Å². The van der Waals surface area contributed by atoms with Gasteiger partial charge in [-0.2, -0.15) is 5.10 Å². The summed E-state index contributed by atoms with van der Waals surface area (Å²) in [5.41, 5.74) is 15.1. The van der Waals surface area contributed by atoms with Gasteiger partial charge in [-0.1, -0.05) is 45.0 Å². The zero-order valence-electron chi connectivity index (χ0n) is 25.1. The van der Waals surface area contributed by atoms with Gasteiger partial charge in [0, 0.05) is 51.5 Å². The van der Waals surface area contributed by atoms with E-state index in [0.717, 1.165) is 50.3 Å². The van der Waals surface area contributed by atoms with E-state index in [2.05, 4.69) is 49.7 Å². The van der Waals surface area contributed by atoms with E-state index >= 15 is 0 Å². The summed E-state index contributed by atoms with van der Waals surface area (Å²) >= 11 is 0. The summed E-state index contributed by atoms with van der Waals surface area (Å²) in [6.07, 6.45) is 9.49. The number of fused-ring (bicyclic) bond motifs is 1. The third kappa shape index (κ3) is 5.32. The smallest absolute Gasteiger partial charge is 0.229 e. The molecule has 0 fully saturated rings. The van der Waals surface area contributed by atoms with Gasteiger partial charge < -0.3 is 16.4 Å². The molecule has 1 aliphatic carbocycles. The number of carbonyl (C=O) groups is 1. The van der Waals surface area contributed by atoms with Crippen LogP contribution < -0.4 is 16.4 Å². The summed E-state index contributed by atoms with van der Waals surface area (Å²) in [4.78, 5) is 21.4. The van der Waals surface area contributed by atoms with Crippen LogP contribution in [-0.2, 0) is 4.79 Å². The monoisotopic (exact) mass is 587 g/mol. The summed E-state index contributed by atoms with van der Waals surface area (Å²) in [7, 11) is 0. The molecular weight excluding hydrogens is 553 g/mol. The molecule has 0 spiro atoms. The van der Waals surface area contributed by atoms with Gasteiger partial charge in [-0.05, 0) is 66.8 Å². The van der Waals surface area contributed by atoms with Crippen molar-refractivity contribution in [1.29, 1.82) is 0 Å². The molecule has 6 rings (SSSR count). The third-order valence-corrected chi connectivity index (χ3v) is 7.86. The Morgan fingerprint density at radius 3 is 2.68 bits per heavy atom. The summed E-state index contributed by atoms with van der Waals surface area (Å²) in [6.45, 7) is 11.5. The minimum atomic E-state index is -0.533. The van der Waals surface area contributed by atoms with Crippen molar-refractivity contribution in [2.24, 2.45) is 16.1 Å². The molecule has 5 N–H and O–H groups in total. The molecule has 1 atom stereocenters. The molecule has 4 aromatic rings. The number of hydrogen-bond donors (Lipinski definition) is 4. The summed E-state index contributed by atoms with van der Waals surface area (Å²) in [6, 6.07) is 12.3. The van der Waals surface area contributed by atoms with Gasteiger partial charge in [0.15, 0.2) is 0 Å². The zero-order chi connectivity index (χ0) is 31.2. The van der Waals surface area contributed by atoms with E-state index in [0.29, 0.717) is 28.9 Å². The fourth-order valence-corrected chi connectivity index (χ4v) is 5.55. The van der Waals surface area contributed by atoms with E-state index in [1.807, 2.05) is 58.1 Å². The highest BCUT2D eigenvalue weighted by molar-refractivity contribution is 5.98. The van der Waals surface area contributed by atoms with Gasteiger partial charge in [0.25, 0.3) is 0 Å². The molecule has 3 heterocycles. The van der Waals surface area contributed by atoms with Crippen molar-refractivity contribution in [1.82, 2.24) is 20.5 Å². The third-order valence-electron chi connectivity index (χ3n) is 7.86. The number of halogens is 1. The lowest BCUT2D eigenvalue weighted by Crippen LogP contribution is -2.27. The minimum Gasteiger partial charge on any atom is -0.402 e. The number of allylic oxidation sites excluding steroid dienone is 2. The first-order valence-electron chi connectivity index (χ1n) is 14.4. The van der Waals surface area contributed by atoms with Crippen molar-refractivity contribution in [2.75, 3.05) is 5.32 Å². The van der Waals surface area contributed by atoms with Crippen LogP contribution in [0.5, 0.6) is 0 Å². The van der Waals surface area contributed by atoms with Crippen molar-refractivity contribution in [3.05, 3.63) is 113 Å². The Balaban J connectivity index is 1.41. The molecule has 44 heavy (non-hydrogen) atoms. The van der Waals surface area contributed by atoms with Crippen molar-refractivity contribution in [2.45, 2.75) is 40.2 Å². The maximum Gasteiger partial charge on any atom is 0.229 e. The lowest BCUT2D eigenvalue weighted by atomic mass is 9.87. The molecule has 2 aliphatic rings. The van der Waals surface area contributed by atoms with Crippen LogP contribution in [0.4, 0.5) is 10.1 Å². The number of hydrogen-bond acceptors (Lipinski definition) is 6. The Hall–Kier alpha value is -5.31. The Bertz CT molecular complexity index is 1960. The molecule has 222 valence electrons. The molecule has 2 aromatic carbocycles. The predicted molar refractivity (Wildman–Crippen MR) is 175 cm³/mol. The van der Waals surface area contributed by atoms with Gasteiger partial charge in [-0.15, -0.1) is 0 Å². The number of aromatic amines is 1. The van der Waals surface area contributed by atoms with Gasteiger partial charge in [-0.3, -0.25) is 19.9 Å². The molecule has 0 saturated heterocycles. The number of aromatic nitrogens is 3. The normalized spacial score (nSPS) is 16.8. The number of dihydropyridines is 1. The average molecular weight is 588 g/mol. The van der Waals surface area contributed by atoms with Crippen LogP contribution in [0.15, 0.2) is 95.0 Å². The molecule has 0 bridgehead atoms. The van der Waals surface area contributed by atoms with Crippen molar-refractivity contribution < 1.29 is 9.18 Å². The maximum atomic E-state index is 15.0. The van der Waals surface area contributed by atoms with Crippen molar-refractivity contribution >= 4 is 40.5 Å². The molecule has 0 radical (unpaired) electrons. The van der Waals surface area contributed by atoms with E-state index < -0.39 is 11.5 Å². The van der Waals surface area contributed by atoms with Crippen LogP contribution in [0.1, 0.15) is 44.0 Å². The molecule has 0 saturated carbocycles. The van der Waals surface area contributed by atoms with Gasteiger partial charge >= 0.3 is 0 Å². The van der Waals surface area contributed by atoms with Gasteiger partial charge in [0.1, 0.15) is 5.82 Å². The second-order valence-corrected chi connectivity index (χ2v) is 12.2. The van der Waals surface area contributed by atoms with Crippen LogP contribution in [-0.4, -0.2) is 33.8 Å². The average Bonchev–Trinajstić information content (AvgIpc) is 3.35. The maximum absolute atomic E-state index is 15.0. The molecule has 9 heteroatoms. The first-order valence-corrected chi connectivity index (χ1v) is 14.4. The molecule has 2 aromatic heterocycles. The van der Waals surface area contributed by atoms with E-state index in [1.54, 1.807) is 24.5 Å². The molecule has 1 amide bonds. The van der Waals surface area contributed by atoms with Crippen LogP contribution in [0.25, 0.3) is 33.3 Å². The molecule has 1 unspecified atom stereocenters. The summed E-state index contributed by atoms with van der Waals surface area (Å²) < 4.78 is 15.0. The van der Waals surface area contributed by atoms with Crippen molar-refractivity contribution in [3.63, 3.8) is 0 Å². The molecule has 1 aliphatic heterocycles. The number of nitrogens with zero attached hydrogens (tertiary/aromatic N) is 3. The van der Waals surface area contributed by atoms with Gasteiger partial charge in [0.05, 0.1) is 34.8 Å². The fourth-order valence-electron chi connectivity index (χ4n) is 5.55. The number of anilines is 1. The first-order chi connectivity index (χ1) is 21.0. The van der Waals surface area contributed by atoms with Crippen LogP contribution in [0, 0.1) is 18.2 Å². The largest absolute Gasteiger partial charge is 0.402 e. The van der Waals surface area contributed by atoms with Crippen LogP contribution in [0.3, 0.4) is 0 Å². The number of amides is 1. The zero-order valence-corrected chi connectivity index (χ0v) is 25.1. The lowest BCUT2D eigenvalue weighted by molar-refractivity contribution is -0.123. The number of pyridine rings is 1. The highest BCUT2D eigenvalue weighted by Crippen LogP contribution is 2.40.